The molecule has 0 aliphatic carbocycles. The van der Waals surface area contributed by atoms with Crippen molar-refractivity contribution in [3.8, 4) is 17.0 Å². The molecule has 4 aromatic rings. The number of ether oxygens (including phenoxy) is 1. The normalized spacial score (nSPS) is 12.2. The van der Waals surface area contributed by atoms with Crippen molar-refractivity contribution in [1.82, 2.24) is 20.5 Å². The average molecular weight is 515 g/mol. The third kappa shape index (κ3) is 5.92. The molecule has 2 aromatic carbocycles. The lowest BCUT2D eigenvalue weighted by Gasteiger charge is -2.25. The van der Waals surface area contributed by atoms with Crippen molar-refractivity contribution in [3.63, 3.8) is 0 Å². The van der Waals surface area contributed by atoms with Crippen molar-refractivity contribution in [2.45, 2.75) is 85.9 Å². The van der Waals surface area contributed by atoms with E-state index in [0.717, 1.165) is 50.3 Å². The molecule has 0 unspecified atom stereocenters. The van der Waals surface area contributed by atoms with Crippen LogP contribution in [0.4, 0.5) is 0 Å². The van der Waals surface area contributed by atoms with Gasteiger partial charge in [0, 0.05) is 34.3 Å². The zero-order valence-corrected chi connectivity index (χ0v) is 24.1. The molecule has 0 aliphatic rings. The molecule has 2 heterocycles. The number of benzene rings is 2. The van der Waals surface area contributed by atoms with Crippen molar-refractivity contribution in [1.29, 1.82) is 0 Å². The molecule has 6 heteroatoms. The van der Waals surface area contributed by atoms with Crippen LogP contribution in [0.5, 0.6) is 5.75 Å². The second-order valence-corrected chi connectivity index (χ2v) is 11.6. The number of nitrogens with one attached hydrogen (secondary N) is 2. The number of aliphatic hydroxyl groups is 1. The number of aromatic nitrogens is 3. The first-order chi connectivity index (χ1) is 18.0. The summed E-state index contributed by atoms with van der Waals surface area (Å²) < 4.78 is 6.43. The summed E-state index contributed by atoms with van der Waals surface area (Å²) in [5, 5.41) is 21.9. The molecule has 0 aliphatic heterocycles. The smallest absolute Gasteiger partial charge is 0.123 e. The first-order valence-corrected chi connectivity index (χ1v) is 13.6. The Morgan fingerprint density at radius 1 is 1.03 bits per heavy atom. The number of aliphatic hydroxyl groups excluding tert-OH is 1. The van der Waals surface area contributed by atoms with Gasteiger partial charge in [-0.25, -0.2) is 0 Å². The van der Waals surface area contributed by atoms with E-state index < -0.39 is 5.54 Å². The largest absolute Gasteiger partial charge is 0.489 e. The van der Waals surface area contributed by atoms with Gasteiger partial charge in [0.2, 0.25) is 0 Å². The zero-order valence-electron chi connectivity index (χ0n) is 24.1. The lowest BCUT2D eigenvalue weighted by atomic mass is 9.91. The van der Waals surface area contributed by atoms with Gasteiger partial charge in [-0.05, 0) is 80.0 Å². The van der Waals surface area contributed by atoms with Gasteiger partial charge in [-0.1, -0.05) is 45.9 Å². The van der Waals surface area contributed by atoms with Gasteiger partial charge in [-0.3, -0.25) is 10.1 Å². The number of aromatic amines is 1. The molecular weight excluding hydrogens is 472 g/mol. The molecule has 0 spiro atoms. The van der Waals surface area contributed by atoms with Crippen molar-refractivity contribution < 1.29 is 9.84 Å². The van der Waals surface area contributed by atoms with Crippen LogP contribution >= 0.6 is 0 Å². The number of rotatable bonds is 10. The lowest BCUT2D eigenvalue weighted by molar-refractivity contribution is 0.187. The summed E-state index contributed by atoms with van der Waals surface area (Å²) in [7, 11) is 0. The molecule has 0 radical (unpaired) electrons. The third-order valence-electron chi connectivity index (χ3n) is 7.36. The van der Waals surface area contributed by atoms with E-state index in [1.54, 1.807) is 0 Å². The van der Waals surface area contributed by atoms with Crippen LogP contribution in [0.1, 0.15) is 86.9 Å². The summed E-state index contributed by atoms with van der Waals surface area (Å²) in [5.74, 6) is 1.67. The molecule has 6 nitrogen and oxygen atoms in total. The first-order valence-electron chi connectivity index (χ1n) is 13.6. The number of H-pyrrole nitrogens is 1. The average Bonchev–Trinajstić information content (AvgIpc) is 3.35. The molecule has 2 aromatic heterocycles. The summed E-state index contributed by atoms with van der Waals surface area (Å²) in [6, 6.07) is 12.9. The van der Waals surface area contributed by atoms with Gasteiger partial charge < -0.3 is 15.2 Å². The molecule has 38 heavy (non-hydrogen) atoms. The molecule has 202 valence electrons. The van der Waals surface area contributed by atoms with Gasteiger partial charge >= 0.3 is 0 Å². The summed E-state index contributed by atoms with van der Waals surface area (Å²) in [6.07, 6.45) is 1.89. The minimum Gasteiger partial charge on any atom is -0.489 e. The summed E-state index contributed by atoms with van der Waals surface area (Å²) in [6.45, 7) is 18.0. The van der Waals surface area contributed by atoms with Gasteiger partial charge in [-0.15, -0.1) is 0 Å². The minimum atomic E-state index is -0.411. The van der Waals surface area contributed by atoms with Crippen LogP contribution in [-0.2, 0) is 13.2 Å². The molecular formula is C32H42N4O2. The van der Waals surface area contributed by atoms with Crippen LogP contribution < -0.4 is 10.1 Å². The monoisotopic (exact) mass is 514 g/mol. The highest BCUT2D eigenvalue weighted by molar-refractivity contribution is 5.95. The Bertz CT molecular complexity index is 1420. The number of fused-ring (bicyclic) bond motifs is 1. The third-order valence-corrected chi connectivity index (χ3v) is 7.36. The maximum atomic E-state index is 9.86. The van der Waals surface area contributed by atoms with Crippen molar-refractivity contribution in [2.75, 3.05) is 6.61 Å². The Morgan fingerprint density at radius 3 is 2.47 bits per heavy atom. The maximum Gasteiger partial charge on any atom is 0.123 e. The number of nitrogens with zero attached hydrogens (tertiary/aromatic N) is 2. The van der Waals surface area contributed by atoms with Crippen LogP contribution in [0.25, 0.3) is 22.2 Å². The standard InChI is InChI=1S/C32H42N4O2/c1-19(2)23-10-9-21(5)30(14-23)38-17-27-22(6)35-29(13-24(27)15-33-32(7,8)18-37)31-25(20(3)4)11-12-28-26(31)16-34-36-28/h9-14,16,19-20,33,37H,15,17-18H2,1-8H3,(H,34,36). The van der Waals surface area contributed by atoms with Gasteiger partial charge in [0.15, 0.2) is 0 Å². The van der Waals surface area contributed by atoms with E-state index in [0.29, 0.717) is 25.0 Å². The summed E-state index contributed by atoms with van der Waals surface area (Å²) >= 11 is 0. The van der Waals surface area contributed by atoms with E-state index in [9.17, 15) is 5.11 Å². The second kappa shape index (κ2) is 11.3. The Kier molecular flexibility index (Phi) is 8.24. The van der Waals surface area contributed by atoms with E-state index in [1.165, 1.54) is 11.1 Å². The maximum absolute atomic E-state index is 9.86. The van der Waals surface area contributed by atoms with Crippen molar-refractivity contribution >= 4 is 10.9 Å². The molecule has 0 amide bonds. The summed E-state index contributed by atoms with van der Waals surface area (Å²) in [4.78, 5) is 5.12. The molecule has 0 saturated heterocycles. The van der Waals surface area contributed by atoms with Gasteiger partial charge in [-0.2, -0.15) is 5.10 Å². The van der Waals surface area contributed by atoms with Crippen LogP contribution in [-0.4, -0.2) is 32.4 Å². The molecule has 4 rings (SSSR count). The number of hydrogen-bond donors (Lipinski definition) is 3. The van der Waals surface area contributed by atoms with Crippen molar-refractivity contribution in [2.24, 2.45) is 0 Å². The van der Waals surface area contributed by atoms with Gasteiger partial charge in [0.05, 0.1) is 24.0 Å². The molecule has 0 atom stereocenters. The topological polar surface area (TPSA) is 83.1 Å². The van der Waals surface area contributed by atoms with E-state index in [1.807, 2.05) is 20.0 Å². The Balaban J connectivity index is 1.79. The highest BCUT2D eigenvalue weighted by Crippen LogP contribution is 2.36. The fraction of sp³-hybridized carbons (Fsp3) is 0.438. The molecule has 0 saturated carbocycles. The number of aryl methyl sites for hydroxylation is 2. The number of hydrogen-bond acceptors (Lipinski definition) is 5. The number of pyridine rings is 1. The van der Waals surface area contributed by atoms with Crippen LogP contribution in [0.3, 0.4) is 0 Å². The molecule has 3 N–H and O–H groups in total. The molecule has 0 fully saturated rings. The van der Waals surface area contributed by atoms with E-state index in [2.05, 4.69) is 93.5 Å². The van der Waals surface area contributed by atoms with Gasteiger partial charge in [0.1, 0.15) is 12.4 Å². The quantitative estimate of drug-likeness (QED) is 0.214. The highest BCUT2D eigenvalue weighted by Gasteiger charge is 2.21. The fourth-order valence-corrected chi connectivity index (χ4v) is 4.72. The van der Waals surface area contributed by atoms with E-state index >= 15 is 0 Å². The predicted octanol–water partition coefficient (Wildman–Crippen LogP) is 6.93. The highest BCUT2D eigenvalue weighted by atomic mass is 16.5. The SMILES string of the molecule is Cc1ccc(C(C)C)cc1OCc1c(CNC(C)(C)CO)cc(-c2c(C(C)C)ccc3[nH]ncc23)nc1C. The summed E-state index contributed by atoms with van der Waals surface area (Å²) in [5.41, 5.74) is 9.37. The minimum absolute atomic E-state index is 0.0444. The van der Waals surface area contributed by atoms with Crippen molar-refractivity contribution in [3.05, 3.63) is 76.1 Å². The van der Waals surface area contributed by atoms with Gasteiger partial charge in [0.25, 0.3) is 0 Å². The molecule has 0 bridgehead atoms. The first kappa shape index (κ1) is 27.8. The van der Waals surface area contributed by atoms with Crippen LogP contribution in [0.2, 0.25) is 0 Å². The van der Waals surface area contributed by atoms with Crippen LogP contribution in [0, 0.1) is 13.8 Å². The Labute approximate surface area is 226 Å². The fourth-order valence-electron chi connectivity index (χ4n) is 4.72. The Hall–Kier alpha value is -3.22. The predicted molar refractivity (Wildman–Crippen MR) is 156 cm³/mol. The lowest BCUT2D eigenvalue weighted by Crippen LogP contribution is -2.42. The van der Waals surface area contributed by atoms with E-state index in [4.69, 9.17) is 9.72 Å². The van der Waals surface area contributed by atoms with E-state index in [-0.39, 0.29) is 6.61 Å². The second-order valence-electron chi connectivity index (χ2n) is 11.6. The Morgan fingerprint density at radius 2 is 1.79 bits per heavy atom. The zero-order chi connectivity index (χ0) is 27.6. The van der Waals surface area contributed by atoms with Crippen LogP contribution in [0.15, 0.2) is 42.6 Å².